The van der Waals surface area contributed by atoms with Crippen molar-refractivity contribution in [1.82, 2.24) is 0 Å². The molecule has 0 aliphatic carbocycles. The van der Waals surface area contributed by atoms with Crippen molar-refractivity contribution in [3.8, 4) is 5.75 Å². The van der Waals surface area contributed by atoms with Gasteiger partial charge in [0.05, 0.1) is 0 Å². The molecule has 0 aromatic heterocycles. The Balaban J connectivity index is 2.07. The number of hydrogen-bond donors (Lipinski definition) is 1. The van der Waals surface area contributed by atoms with Gasteiger partial charge in [-0.3, -0.25) is 4.79 Å². The van der Waals surface area contributed by atoms with Gasteiger partial charge >= 0.3 is 0 Å². The van der Waals surface area contributed by atoms with Gasteiger partial charge in [-0.2, -0.15) is 0 Å². The highest BCUT2D eigenvalue weighted by Crippen LogP contribution is 2.23. The van der Waals surface area contributed by atoms with Crippen LogP contribution in [0.4, 0.5) is 5.69 Å². The molecule has 2 aromatic rings. The number of benzene rings is 2. The van der Waals surface area contributed by atoms with Crippen molar-refractivity contribution in [2.24, 2.45) is 0 Å². The maximum Gasteiger partial charge on any atom is 0.265 e. The lowest BCUT2D eigenvalue weighted by Gasteiger charge is -2.17. The molecule has 0 aliphatic rings. The van der Waals surface area contributed by atoms with Crippen LogP contribution < -0.4 is 10.1 Å². The highest BCUT2D eigenvalue weighted by Gasteiger charge is 2.16. The van der Waals surface area contributed by atoms with Crippen LogP contribution in [0.1, 0.15) is 23.6 Å². The summed E-state index contributed by atoms with van der Waals surface area (Å²) in [6, 6.07) is 11.3. The average Bonchev–Trinajstić information content (AvgIpc) is 2.42. The third kappa shape index (κ3) is 4.01. The predicted molar refractivity (Wildman–Crippen MR) is 90.8 cm³/mol. The van der Waals surface area contributed by atoms with Gasteiger partial charge in [0.15, 0.2) is 6.10 Å². The first kappa shape index (κ1) is 16.4. The first-order valence-corrected chi connectivity index (χ1v) is 7.55. The summed E-state index contributed by atoms with van der Waals surface area (Å²) in [5.74, 6) is 0.493. The number of rotatable bonds is 4. The Hall–Kier alpha value is -2.00. The number of anilines is 1. The van der Waals surface area contributed by atoms with E-state index < -0.39 is 6.10 Å². The number of nitrogens with one attached hydrogen (secondary N) is 1. The maximum atomic E-state index is 12.3. The Bertz CT molecular complexity index is 677. The summed E-state index contributed by atoms with van der Waals surface area (Å²) < 4.78 is 5.74. The van der Waals surface area contributed by atoms with E-state index in [1.807, 2.05) is 39.0 Å². The van der Waals surface area contributed by atoms with Gasteiger partial charge in [0.1, 0.15) is 5.75 Å². The van der Waals surface area contributed by atoms with Gasteiger partial charge in [-0.15, -0.1) is 0 Å². The van der Waals surface area contributed by atoms with E-state index in [4.69, 9.17) is 16.3 Å². The smallest absolute Gasteiger partial charge is 0.265 e. The highest BCUT2D eigenvalue weighted by molar-refractivity contribution is 6.31. The van der Waals surface area contributed by atoms with Crippen LogP contribution in [0.3, 0.4) is 0 Å². The van der Waals surface area contributed by atoms with Crippen molar-refractivity contribution in [2.75, 3.05) is 5.32 Å². The van der Waals surface area contributed by atoms with E-state index in [-0.39, 0.29) is 5.91 Å². The zero-order valence-corrected chi connectivity index (χ0v) is 14.0. The van der Waals surface area contributed by atoms with Crippen molar-refractivity contribution in [3.63, 3.8) is 0 Å². The second-order valence-electron chi connectivity index (χ2n) is 5.49. The molecule has 22 heavy (non-hydrogen) atoms. The Morgan fingerprint density at radius 2 is 1.77 bits per heavy atom. The van der Waals surface area contributed by atoms with Crippen molar-refractivity contribution in [1.29, 1.82) is 0 Å². The number of aryl methyl sites for hydroxylation is 2. The number of halogens is 1. The summed E-state index contributed by atoms with van der Waals surface area (Å²) in [7, 11) is 0. The Morgan fingerprint density at radius 3 is 2.41 bits per heavy atom. The minimum absolute atomic E-state index is 0.204. The molecule has 0 aliphatic heterocycles. The second kappa shape index (κ2) is 6.84. The first-order valence-electron chi connectivity index (χ1n) is 7.18. The molecule has 0 spiro atoms. The van der Waals surface area contributed by atoms with Crippen LogP contribution in [0.2, 0.25) is 5.02 Å². The number of ether oxygens (including phenoxy) is 1. The average molecular weight is 318 g/mol. The van der Waals surface area contributed by atoms with E-state index >= 15 is 0 Å². The predicted octanol–water partition coefficient (Wildman–Crippen LogP) is 4.67. The monoisotopic (exact) mass is 317 g/mol. The molecule has 1 amide bonds. The standard InChI is InChI=1S/C18H20ClNO2/c1-11-8-12(2)10-15(9-11)22-14(4)18(21)20-17-7-5-6-16(19)13(17)3/h5-10,14H,1-4H3,(H,20,21)/t14-/m1/s1. The summed E-state index contributed by atoms with van der Waals surface area (Å²) in [6.07, 6.45) is -0.598. The molecule has 3 nitrogen and oxygen atoms in total. The molecule has 1 atom stereocenters. The van der Waals surface area contributed by atoms with Crippen LogP contribution in [-0.4, -0.2) is 12.0 Å². The second-order valence-corrected chi connectivity index (χ2v) is 5.89. The van der Waals surface area contributed by atoms with Crippen LogP contribution in [0.15, 0.2) is 36.4 Å². The fourth-order valence-electron chi connectivity index (χ4n) is 2.24. The molecule has 2 aromatic carbocycles. The van der Waals surface area contributed by atoms with Crippen LogP contribution >= 0.6 is 11.6 Å². The van der Waals surface area contributed by atoms with Gasteiger partial charge in [0.25, 0.3) is 5.91 Å². The molecule has 116 valence electrons. The van der Waals surface area contributed by atoms with Gasteiger partial charge < -0.3 is 10.1 Å². The molecule has 4 heteroatoms. The number of carbonyl (C=O) groups excluding carboxylic acids is 1. The Labute approximate surface area is 136 Å². The van der Waals surface area contributed by atoms with Gasteiger partial charge in [-0.25, -0.2) is 0 Å². The number of hydrogen-bond acceptors (Lipinski definition) is 2. The van der Waals surface area contributed by atoms with Crippen molar-refractivity contribution in [2.45, 2.75) is 33.8 Å². The normalized spacial score (nSPS) is 11.9. The van der Waals surface area contributed by atoms with E-state index in [0.29, 0.717) is 16.5 Å². The third-order valence-electron chi connectivity index (χ3n) is 3.40. The van der Waals surface area contributed by atoms with Crippen LogP contribution in [0.5, 0.6) is 5.75 Å². The molecule has 0 saturated carbocycles. The van der Waals surface area contributed by atoms with Gasteiger partial charge in [-0.1, -0.05) is 23.7 Å². The molecule has 0 heterocycles. The lowest BCUT2D eigenvalue weighted by Crippen LogP contribution is -2.30. The fraction of sp³-hybridized carbons (Fsp3) is 0.278. The van der Waals surface area contributed by atoms with Crippen molar-refractivity contribution >= 4 is 23.2 Å². The zero-order valence-electron chi connectivity index (χ0n) is 13.2. The minimum atomic E-state index is -0.598. The molecule has 1 N–H and O–H groups in total. The minimum Gasteiger partial charge on any atom is -0.481 e. The van der Waals surface area contributed by atoms with E-state index in [1.54, 1.807) is 19.1 Å². The summed E-state index contributed by atoms with van der Waals surface area (Å²) in [6.45, 7) is 7.60. The van der Waals surface area contributed by atoms with Crippen LogP contribution in [-0.2, 0) is 4.79 Å². The molecule has 0 bridgehead atoms. The quantitative estimate of drug-likeness (QED) is 0.889. The Kier molecular flexibility index (Phi) is 5.09. The number of carbonyl (C=O) groups is 1. The van der Waals surface area contributed by atoms with Crippen LogP contribution in [0.25, 0.3) is 0 Å². The van der Waals surface area contributed by atoms with E-state index in [2.05, 4.69) is 11.4 Å². The summed E-state index contributed by atoms with van der Waals surface area (Å²) in [4.78, 5) is 12.3. The van der Waals surface area contributed by atoms with E-state index in [0.717, 1.165) is 16.7 Å². The molecular weight excluding hydrogens is 298 g/mol. The van der Waals surface area contributed by atoms with E-state index in [9.17, 15) is 4.79 Å². The first-order chi connectivity index (χ1) is 10.4. The van der Waals surface area contributed by atoms with Gasteiger partial charge in [0, 0.05) is 10.7 Å². The third-order valence-corrected chi connectivity index (χ3v) is 3.81. The lowest BCUT2D eigenvalue weighted by atomic mass is 10.1. The zero-order chi connectivity index (χ0) is 16.3. The fourth-order valence-corrected chi connectivity index (χ4v) is 2.41. The van der Waals surface area contributed by atoms with E-state index in [1.165, 1.54) is 0 Å². The van der Waals surface area contributed by atoms with Crippen molar-refractivity contribution in [3.05, 3.63) is 58.1 Å². The highest BCUT2D eigenvalue weighted by atomic mass is 35.5. The molecule has 0 fully saturated rings. The lowest BCUT2D eigenvalue weighted by molar-refractivity contribution is -0.122. The van der Waals surface area contributed by atoms with Gasteiger partial charge in [-0.05, 0) is 68.7 Å². The summed E-state index contributed by atoms with van der Waals surface area (Å²) in [5, 5.41) is 3.48. The van der Waals surface area contributed by atoms with Crippen LogP contribution in [0, 0.1) is 20.8 Å². The summed E-state index contributed by atoms with van der Waals surface area (Å²) in [5.41, 5.74) is 3.76. The largest absolute Gasteiger partial charge is 0.481 e. The van der Waals surface area contributed by atoms with Gasteiger partial charge in [0.2, 0.25) is 0 Å². The Morgan fingerprint density at radius 1 is 1.14 bits per heavy atom. The molecule has 2 rings (SSSR count). The maximum absolute atomic E-state index is 12.3. The molecular formula is C18H20ClNO2. The molecule has 0 saturated heterocycles. The molecule has 0 radical (unpaired) electrons. The SMILES string of the molecule is Cc1cc(C)cc(O[C@H](C)C(=O)Nc2cccc(Cl)c2C)c1. The summed E-state index contributed by atoms with van der Waals surface area (Å²) >= 11 is 6.06. The number of amides is 1. The van der Waals surface area contributed by atoms with Crippen molar-refractivity contribution < 1.29 is 9.53 Å². The molecule has 0 unspecified atom stereocenters. The topological polar surface area (TPSA) is 38.3 Å².